The molecule has 2 aliphatic rings. The third kappa shape index (κ3) is 2.75. The highest BCUT2D eigenvalue weighted by Crippen LogP contribution is 2.22. The van der Waals surface area contributed by atoms with Crippen molar-refractivity contribution >= 4 is 45.7 Å². The highest BCUT2D eigenvalue weighted by molar-refractivity contribution is 8.15. The lowest BCUT2D eigenvalue weighted by molar-refractivity contribution is -0.124. The van der Waals surface area contributed by atoms with Gasteiger partial charge >= 0.3 is 0 Å². The molecule has 0 saturated carbocycles. The Morgan fingerprint density at radius 3 is 2.78 bits per heavy atom. The molecule has 2 rings (SSSR count). The third-order valence-electron chi connectivity index (χ3n) is 2.36. The minimum absolute atomic E-state index is 0.00513. The standard InChI is InChI=1S/C10H12N4O2S2/c1-3-6(2)14-8(16)5-18-10(14)13-12-9-11-7(15)4-17-9/h3,6H,1,4-5H2,2H3,(H,11,12,15)/b13-10+. The van der Waals surface area contributed by atoms with Gasteiger partial charge in [-0.3, -0.25) is 14.5 Å². The summed E-state index contributed by atoms with van der Waals surface area (Å²) < 4.78 is 0. The molecule has 2 saturated heterocycles. The average Bonchev–Trinajstić information content (AvgIpc) is 2.92. The minimum atomic E-state index is -0.114. The minimum Gasteiger partial charge on any atom is -0.303 e. The van der Waals surface area contributed by atoms with Crippen LogP contribution < -0.4 is 5.32 Å². The SMILES string of the molecule is C=CC(C)N1C(=O)CS/C1=N/N=C1\NC(=O)CS1. The molecule has 0 aliphatic carbocycles. The lowest BCUT2D eigenvalue weighted by Crippen LogP contribution is -2.36. The van der Waals surface area contributed by atoms with Crippen LogP contribution in [0.2, 0.25) is 0 Å². The number of rotatable bonds is 3. The number of amides is 2. The molecule has 8 heteroatoms. The van der Waals surface area contributed by atoms with Crippen LogP contribution in [0.5, 0.6) is 0 Å². The first kappa shape index (κ1) is 13.2. The van der Waals surface area contributed by atoms with Crippen LogP contribution in [-0.2, 0) is 9.59 Å². The van der Waals surface area contributed by atoms with E-state index in [0.717, 1.165) is 0 Å². The molecule has 0 aromatic carbocycles. The maximum absolute atomic E-state index is 11.7. The van der Waals surface area contributed by atoms with Gasteiger partial charge in [-0.25, -0.2) is 0 Å². The van der Waals surface area contributed by atoms with Gasteiger partial charge < -0.3 is 5.32 Å². The number of carbonyl (C=O) groups is 2. The Balaban J connectivity index is 2.14. The van der Waals surface area contributed by atoms with Crippen LogP contribution in [0.3, 0.4) is 0 Å². The van der Waals surface area contributed by atoms with Gasteiger partial charge in [-0.05, 0) is 6.92 Å². The molecule has 1 N–H and O–H groups in total. The van der Waals surface area contributed by atoms with Crippen molar-refractivity contribution in [2.24, 2.45) is 10.2 Å². The number of hydrogen-bond donors (Lipinski definition) is 1. The van der Waals surface area contributed by atoms with Gasteiger partial charge in [0, 0.05) is 0 Å². The van der Waals surface area contributed by atoms with Crippen LogP contribution in [-0.4, -0.2) is 44.6 Å². The number of nitrogens with zero attached hydrogens (tertiary/aromatic N) is 3. The second kappa shape index (κ2) is 5.57. The molecule has 0 aromatic heterocycles. The lowest BCUT2D eigenvalue weighted by atomic mass is 10.3. The maximum Gasteiger partial charge on any atom is 0.239 e. The Kier molecular flexibility index (Phi) is 4.07. The van der Waals surface area contributed by atoms with Gasteiger partial charge in [0.25, 0.3) is 0 Å². The van der Waals surface area contributed by atoms with E-state index in [-0.39, 0.29) is 17.9 Å². The van der Waals surface area contributed by atoms with Crippen LogP contribution in [0.1, 0.15) is 6.92 Å². The molecule has 18 heavy (non-hydrogen) atoms. The normalized spacial score (nSPS) is 25.9. The van der Waals surface area contributed by atoms with Crippen LogP contribution in [0.25, 0.3) is 0 Å². The predicted molar refractivity (Wildman–Crippen MR) is 74.4 cm³/mol. The quantitative estimate of drug-likeness (QED) is 0.609. The van der Waals surface area contributed by atoms with E-state index in [1.807, 2.05) is 6.92 Å². The number of nitrogens with one attached hydrogen (secondary N) is 1. The van der Waals surface area contributed by atoms with Gasteiger partial charge in [-0.2, -0.15) is 0 Å². The molecule has 1 atom stereocenters. The Morgan fingerprint density at radius 1 is 1.39 bits per heavy atom. The van der Waals surface area contributed by atoms with Crippen molar-refractivity contribution in [3.8, 4) is 0 Å². The first-order valence-corrected chi connectivity index (χ1v) is 7.24. The summed E-state index contributed by atoms with van der Waals surface area (Å²) >= 11 is 2.64. The number of amidine groups is 2. The topological polar surface area (TPSA) is 74.1 Å². The van der Waals surface area contributed by atoms with Crippen molar-refractivity contribution in [2.75, 3.05) is 11.5 Å². The van der Waals surface area contributed by atoms with Gasteiger partial charge in [0.2, 0.25) is 11.8 Å². The Morgan fingerprint density at radius 2 is 2.17 bits per heavy atom. The molecule has 2 fully saturated rings. The molecule has 1 unspecified atom stereocenters. The van der Waals surface area contributed by atoms with Crippen LogP contribution in [0.15, 0.2) is 22.9 Å². The molecule has 2 heterocycles. The lowest BCUT2D eigenvalue weighted by Gasteiger charge is -2.19. The van der Waals surface area contributed by atoms with Crippen LogP contribution in [0, 0.1) is 0 Å². The van der Waals surface area contributed by atoms with Gasteiger partial charge in [-0.1, -0.05) is 29.6 Å². The second-order valence-corrected chi connectivity index (χ2v) is 5.56. The molecule has 96 valence electrons. The van der Waals surface area contributed by atoms with Gasteiger partial charge in [0.1, 0.15) is 0 Å². The molecule has 0 bridgehead atoms. The van der Waals surface area contributed by atoms with Crippen molar-refractivity contribution in [3.05, 3.63) is 12.7 Å². The highest BCUT2D eigenvalue weighted by Gasteiger charge is 2.31. The summed E-state index contributed by atoms with van der Waals surface area (Å²) in [6.07, 6.45) is 1.68. The van der Waals surface area contributed by atoms with Crippen molar-refractivity contribution in [2.45, 2.75) is 13.0 Å². The fourth-order valence-corrected chi connectivity index (χ4v) is 2.95. The zero-order valence-electron chi connectivity index (χ0n) is 9.75. The smallest absolute Gasteiger partial charge is 0.239 e. The molecular weight excluding hydrogens is 272 g/mol. The molecule has 0 radical (unpaired) electrons. The van der Waals surface area contributed by atoms with E-state index in [2.05, 4.69) is 22.1 Å². The molecule has 6 nitrogen and oxygen atoms in total. The summed E-state index contributed by atoms with van der Waals surface area (Å²) in [5.41, 5.74) is 0. The summed E-state index contributed by atoms with van der Waals surface area (Å²) in [5.74, 6) is 0.643. The molecule has 2 amide bonds. The van der Waals surface area contributed by atoms with E-state index in [4.69, 9.17) is 0 Å². The van der Waals surface area contributed by atoms with Gasteiger partial charge in [-0.15, -0.1) is 16.8 Å². The van der Waals surface area contributed by atoms with E-state index in [9.17, 15) is 9.59 Å². The van der Waals surface area contributed by atoms with E-state index in [0.29, 0.717) is 21.8 Å². The molecular formula is C10H12N4O2S2. The predicted octanol–water partition coefficient (Wildman–Crippen LogP) is 0.626. The zero-order chi connectivity index (χ0) is 13.1. The van der Waals surface area contributed by atoms with Crippen LogP contribution >= 0.6 is 23.5 Å². The molecule has 0 spiro atoms. The third-order valence-corrected chi connectivity index (χ3v) is 4.15. The van der Waals surface area contributed by atoms with E-state index < -0.39 is 0 Å². The van der Waals surface area contributed by atoms with E-state index in [1.165, 1.54) is 23.5 Å². The summed E-state index contributed by atoms with van der Waals surface area (Å²) in [4.78, 5) is 24.2. The van der Waals surface area contributed by atoms with Crippen molar-refractivity contribution in [1.29, 1.82) is 0 Å². The first-order valence-electron chi connectivity index (χ1n) is 5.27. The van der Waals surface area contributed by atoms with E-state index >= 15 is 0 Å². The Hall–Kier alpha value is -1.28. The monoisotopic (exact) mass is 284 g/mol. The van der Waals surface area contributed by atoms with Crippen LogP contribution in [0.4, 0.5) is 0 Å². The largest absolute Gasteiger partial charge is 0.303 e. The summed E-state index contributed by atoms with van der Waals surface area (Å²) in [7, 11) is 0. The highest BCUT2D eigenvalue weighted by atomic mass is 32.2. The molecule has 2 aliphatic heterocycles. The van der Waals surface area contributed by atoms with E-state index in [1.54, 1.807) is 11.0 Å². The van der Waals surface area contributed by atoms with Crippen molar-refractivity contribution in [3.63, 3.8) is 0 Å². The average molecular weight is 284 g/mol. The second-order valence-electron chi connectivity index (χ2n) is 3.65. The maximum atomic E-state index is 11.7. The summed E-state index contributed by atoms with van der Waals surface area (Å²) in [6.45, 7) is 5.53. The number of carbonyl (C=O) groups excluding carboxylic acids is 2. The first-order chi connectivity index (χ1) is 8.61. The van der Waals surface area contributed by atoms with Gasteiger partial charge in [0.15, 0.2) is 10.3 Å². The van der Waals surface area contributed by atoms with Crippen molar-refractivity contribution in [1.82, 2.24) is 10.2 Å². The van der Waals surface area contributed by atoms with Crippen molar-refractivity contribution < 1.29 is 9.59 Å². The summed E-state index contributed by atoms with van der Waals surface area (Å²) in [5, 5.41) is 11.6. The zero-order valence-corrected chi connectivity index (χ0v) is 11.4. The number of hydrogen-bond acceptors (Lipinski definition) is 6. The fourth-order valence-electron chi connectivity index (χ4n) is 1.42. The number of thioether (sulfide) groups is 2. The Labute approximate surface area is 113 Å². The Bertz CT molecular complexity index is 461. The fraction of sp³-hybridized carbons (Fsp3) is 0.400. The summed E-state index contributed by atoms with van der Waals surface area (Å²) in [6, 6.07) is -0.114. The van der Waals surface area contributed by atoms with Gasteiger partial charge in [0.05, 0.1) is 17.5 Å². The molecule has 0 aromatic rings.